The van der Waals surface area contributed by atoms with Crippen LogP contribution in [0.25, 0.3) is 0 Å². The molecule has 0 aliphatic rings. The molecule has 0 saturated carbocycles. The lowest BCUT2D eigenvalue weighted by Crippen LogP contribution is -2.09. The molecular weight excluding hydrogens is 156 g/mol. The van der Waals surface area contributed by atoms with Crippen LogP contribution < -0.4 is 0 Å². The summed E-state index contributed by atoms with van der Waals surface area (Å²) in [6.45, 7) is 13.1. The summed E-state index contributed by atoms with van der Waals surface area (Å²) >= 11 is 0. The first-order valence-electron chi connectivity index (χ1n) is 5.09. The van der Waals surface area contributed by atoms with Gasteiger partial charge in [-0.3, -0.25) is 0 Å². The highest BCUT2D eigenvalue weighted by atomic mass is 14.2. The summed E-state index contributed by atoms with van der Waals surface area (Å²) < 4.78 is 0. The molecule has 0 N–H and O–H groups in total. The molecule has 0 atom stereocenters. The van der Waals surface area contributed by atoms with E-state index in [1.807, 2.05) is 0 Å². The Balaban J connectivity index is 4.77. The molecule has 0 aliphatic heterocycles. The Kier molecular flexibility index (Phi) is 4.85. The minimum atomic E-state index is 0.262. The fourth-order valence-corrected chi connectivity index (χ4v) is 0.751. The second-order valence-corrected chi connectivity index (χ2v) is 4.54. The van der Waals surface area contributed by atoms with Gasteiger partial charge in [-0.05, 0) is 36.3 Å². The average molecular weight is 178 g/mol. The maximum atomic E-state index is 3.22. The van der Waals surface area contributed by atoms with E-state index in [1.165, 1.54) is 5.57 Å². The van der Waals surface area contributed by atoms with Crippen LogP contribution in [0.2, 0.25) is 0 Å². The number of allylic oxidation sites excluding steroid dienone is 2. The lowest BCUT2D eigenvalue weighted by molar-refractivity contribution is 0.430. The molecule has 0 saturated heterocycles. The zero-order valence-corrected chi connectivity index (χ0v) is 9.86. The van der Waals surface area contributed by atoms with Crippen molar-refractivity contribution in [3.63, 3.8) is 0 Å². The third-order valence-corrected chi connectivity index (χ3v) is 2.58. The first-order valence-corrected chi connectivity index (χ1v) is 5.09. The third kappa shape index (κ3) is 4.78. The number of rotatable bonds is 3. The van der Waals surface area contributed by atoms with Gasteiger partial charge in [0.15, 0.2) is 0 Å². The van der Waals surface area contributed by atoms with E-state index in [1.54, 1.807) is 0 Å². The van der Waals surface area contributed by atoms with Crippen molar-refractivity contribution in [1.82, 2.24) is 0 Å². The second-order valence-electron chi connectivity index (χ2n) is 4.54. The summed E-state index contributed by atoms with van der Waals surface area (Å²) in [4.78, 5) is 0. The van der Waals surface area contributed by atoms with Crippen molar-refractivity contribution in [2.45, 2.75) is 48.0 Å². The summed E-state index contributed by atoms with van der Waals surface area (Å²) in [7, 11) is 0. The zero-order valence-electron chi connectivity index (χ0n) is 9.86. The summed E-state index contributed by atoms with van der Waals surface area (Å²) in [5.74, 6) is 0.560. The standard InChI is InChI=1S/C13H22/c1-7-13(5,6)12(4)10-8-9-11(2)3/h9,11H,7H2,1-6H3. The summed E-state index contributed by atoms with van der Waals surface area (Å²) in [5, 5.41) is 0. The predicted molar refractivity (Wildman–Crippen MR) is 59.7 cm³/mol. The van der Waals surface area contributed by atoms with Crippen LogP contribution in [0, 0.1) is 11.3 Å². The Morgan fingerprint density at radius 2 is 1.92 bits per heavy atom. The SMILES string of the molecule is CCC(C)(C)C(C)=C=C=CC(C)C. The van der Waals surface area contributed by atoms with Crippen molar-refractivity contribution >= 4 is 0 Å². The Morgan fingerprint density at radius 3 is 2.31 bits per heavy atom. The largest absolute Gasteiger partial charge is 0.0744 e. The van der Waals surface area contributed by atoms with Gasteiger partial charge in [-0.15, -0.1) is 0 Å². The monoisotopic (exact) mass is 178 g/mol. The first kappa shape index (κ1) is 12.3. The maximum Gasteiger partial charge on any atom is -0.00678 e. The molecule has 74 valence electrons. The van der Waals surface area contributed by atoms with Crippen molar-refractivity contribution < 1.29 is 0 Å². The lowest BCUT2D eigenvalue weighted by atomic mass is 9.83. The molecule has 0 unspecified atom stereocenters. The lowest BCUT2D eigenvalue weighted by Gasteiger charge is -2.21. The van der Waals surface area contributed by atoms with Crippen LogP contribution in [0.15, 0.2) is 23.1 Å². The molecule has 0 rings (SSSR count). The summed E-state index contributed by atoms with van der Waals surface area (Å²) in [6, 6.07) is 0. The molecule has 0 aromatic heterocycles. The van der Waals surface area contributed by atoms with Crippen LogP contribution >= 0.6 is 0 Å². The van der Waals surface area contributed by atoms with Crippen molar-refractivity contribution in [3.05, 3.63) is 23.1 Å². The van der Waals surface area contributed by atoms with E-state index < -0.39 is 0 Å². The van der Waals surface area contributed by atoms with Crippen LogP contribution in [0.3, 0.4) is 0 Å². The summed E-state index contributed by atoms with van der Waals surface area (Å²) in [5.41, 5.74) is 7.88. The van der Waals surface area contributed by atoms with Crippen molar-refractivity contribution in [1.29, 1.82) is 0 Å². The van der Waals surface area contributed by atoms with E-state index in [0.717, 1.165) is 6.42 Å². The highest BCUT2D eigenvalue weighted by Gasteiger charge is 2.16. The molecule has 0 fully saturated rings. The highest BCUT2D eigenvalue weighted by molar-refractivity contribution is 5.08. The van der Waals surface area contributed by atoms with E-state index >= 15 is 0 Å². The van der Waals surface area contributed by atoms with E-state index in [-0.39, 0.29) is 5.41 Å². The molecule has 0 aliphatic carbocycles. The van der Waals surface area contributed by atoms with Crippen LogP contribution in [0.5, 0.6) is 0 Å². The fraction of sp³-hybridized carbons (Fsp3) is 0.692. The smallest absolute Gasteiger partial charge is 0.00678 e. The van der Waals surface area contributed by atoms with Gasteiger partial charge in [0.1, 0.15) is 0 Å². The van der Waals surface area contributed by atoms with Crippen molar-refractivity contribution in [2.24, 2.45) is 11.3 Å². The van der Waals surface area contributed by atoms with E-state index in [9.17, 15) is 0 Å². The van der Waals surface area contributed by atoms with Crippen LogP contribution in [-0.2, 0) is 0 Å². The molecular formula is C13H22. The quantitative estimate of drug-likeness (QED) is 0.564. The van der Waals surface area contributed by atoms with Crippen molar-refractivity contribution in [3.8, 4) is 0 Å². The molecule has 0 spiro atoms. The van der Waals surface area contributed by atoms with E-state index in [4.69, 9.17) is 0 Å². The van der Waals surface area contributed by atoms with Gasteiger partial charge in [-0.25, -0.2) is 0 Å². The molecule has 0 aromatic rings. The fourth-order valence-electron chi connectivity index (χ4n) is 0.751. The van der Waals surface area contributed by atoms with E-state index in [0.29, 0.717) is 5.92 Å². The van der Waals surface area contributed by atoms with Gasteiger partial charge in [0.25, 0.3) is 0 Å². The molecule has 0 nitrogen and oxygen atoms in total. The second kappa shape index (κ2) is 5.12. The topological polar surface area (TPSA) is 0 Å². The zero-order chi connectivity index (χ0) is 10.5. The van der Waals surface area contributed by atoms with Gasteiger partial charge >= 0.3 is 0 Å². The molecule has 0 heteroatoms. The molecule has 0 bridgehead atoms. The Hall–Kier alpha value is -0.700. The maximum absolute atomic E-state index is 3.22. The van der Waals surface area contributed by atoms with Gasteiger partial charge < -0.3 is 0 Å². The molecule has 0 radical (unpaired) electrons. The van der Waals surface area contributed by atoms with Crippen molar-refractivity contribution in [2.75, 3.05) is 0 Å². The number of hydrogen-bond donors (Lipinski definition) is 0. The Labute approximate surface area is 83.0 Å². The van der Waals surface area contributed by atoms with E-state index in [2.05, 4.69) is 59.1 Å². The first-order chi connectivity index (χ1) is 5.90. The van der Waals surface area contributed by atoms with Gasteiger partial charge in [-0.2, -0.15) is 0 Å². The van der Waals surface area contributed by atoms with Gasteiger partial charge in [0.2, 0.25) is 0 Å². The Morgan fingerprint density at radius 1 is 1.38 bits per heavy atom. The highest BCUT2D eigenvalue weighted by Crippen LogP contribution is 2.28. The van der Waals surface area contributed by atoms with Gasteiger partial charge in [-0.1, -0.05) is 46.1 Å². The average Bonchev–Trinajstić information content (AvgIpc) is 2.03. The van der Waals surface area contributed by atoms with Crippen LogP contribution in [0.4, 0.5) is 0 Å². The normalized spacial score (nSPS) is 10.7. The van der Waals surface area contributed by atoms with Gasteiger partial charge in [0, 0.05) is 0 Å². The minimum Gasteiger partial charge on any atom is -0.0744 e. The number of hydrogen-bond acceptors (Lipinski definition) is 0. The molecule has 0 aromatic carbocycles. The van der Waals surface area contributed by atoms with Gasteiger partial charge in [0.05, 0.1) is 0 Å². The molecule has 0 heterocycles. The molecule has 0 amide bonds. The van der Waals surface area contributed by atoms with Crippen LogP contribution in [0.1, 0.15) is 48.0 Å². The molecule has 13 heavy (non-hydrogen) atoms. The summed E-state index contributed by atoms with van der Waals surface area (Å²) in [6.07, 6.45) is 3.20. The van der Waals surface area contributed by atoms with Crippen LogP contribution in [-0.4, -0.2) is 0 Å². The third-order valence-electron chi connectivity index (χ3n) is 2.58. The predicted octanol–water partition coefficient (Wildman–Crippen LogP) is 4.34. The minimum absolute atomic E-state index is 0.262. The Bertz CT molecular complexity index is 241.